The number of carboxylic acids is 1. The van der Waals surface area contributed by atoms with Crippen LogP contribution in [0.2, 0.25) is 0 Å². The smallest absolute Gasteiger partial charge is 0.354 e. The van der Waals surface area contributed by atoms with Crippen LogP contribution in [0.5, 0.6) is 0 Å². The summed E-state index contributed by atoms with van der Waals surface area (Å²) in [5.74, 6) is -0.588. The van der Waals surface area contributed by atoms with Crippen molar-refractivity contribution in [3.05, 3.63) is 70.8 Å². The van der Waals surface area contributed by atoms with E-state index in [-0.39, 0.29) is 5.69 Å². The molecule has 0 spiro atoms. The topological polar surface area (TPSA) is 97.9 Å². The number of H-pyrrole nitrogens is 2. The standard InChI is InChI=1S/C20H23N5O2/c26-20(27)19-17(11-22-24-19)13-25-8-4-7-15(12-25)18-16(10-21-23-18)9-14-5-2-1-3-6-14/h1-3,5-6,10-11,15H,4,7-9,12-13H2,(H,21,23)(H,22,24)(H,26,27)/t15-/m1/s1. The van der Waals surface area contributed by atoms with Crippen LogP contribution in [0.15, 0.2) is 42.7 Å². The molecule has 1 atom stereocenters. The third-order valence-electron chi connectivity index (χ3n) is 5.23. The quantitative estimate of drug-likeness (QED) is 0.624. The summed E-state index contributed by atoms with van der Waals surface area (Å²) in [4.78, 5) is 13.6. The van der Waals surface area contributed by atoms with Gasteiger partial charge in [-0.15, -0.1) is 0 Å². The number of nitrogens with zero attached hydrogens (tertiary/aromatic N) is 3. The van der Waals surface area contributed by atoms with Crippen molar-refractivity contribution < 1.29 is 9.90 Å². The molecule has 0 saturated carbocycles. The third kappa shape index (κ3) is 3.93. The van der Waals surface area contributed by atoms with E-state index in [1.807, 2.05) is 12.3 Å². The second-order valence-corrected chi connectivity index (χ2v) is 7.12. The van der Waals surface area contributed by atoms with Crippen LogP contribution < -0.4 is 0 Å². The van der Waals surface area contributed by atoms with Gasteiger partial charge in [0, 0.05) is 36.7 Å². The molecule has 1 saturated heterocycles. The lowest BCUT2D eigenvalue weighted by Crippen LogP contribution is -2.34. The molecule has 1 fully saturated rings. The van der Waals surface area contributed by atoms with Gasteiger partial charge in [0.25, 0.3) is 0 Å². The molecule has 27 heavy (non-hydrogen) atoms. The summed E-state index contributed by atoms with van der Waals surface area (Å²) >= 11 is 0. The predicted octanol–water partition coefficient (Wildman–Crippen LogP) is 2.80. The van der Waals surface area contributed by atoms with Gasteiger partial charge in [-0.05, 0) is 30.5 Å². The zero-order chi connectivity index (χ0) is 18.6. The van der Waals surface area contributed by atoms with Crippen molar-refractivity contribution in [2.45, 2.75) is 31.7 Å². The molecule has 7 heteroatoms. The van der Waals surface area contributed by atoms with Gasteiger partial charge in [0.2, 0.25) is 0 Å². The molecule has 2 aromatic heterocycles. The van der Waals surface area contributed by atoms with Gasteiger partial charge in [-0.3, -0.25) is 15.1 Å². The molecule has 3 aromatic rings. The maximum atomic E-state index is 11.3. The molecule has 4 rings (SSSR count). The summed E-state index contributed by atoms with van der Waals surface area (Å²) in [6, 6.07) is 10.4. The molecule has 0 aliphatic carbocycles. The number of aromatic carboxylic acids is 1. The zero-order valence-corrected chi connectivity index (χ0v) is 15.1. The van der Waals surface area contributed by atoms with Crippen LogP contribution in [0, 0.1) is 0 Å². The summed E-state index contributed by atoms with van der Waals surface area (Å²) < 4.78 is 0. The number of likely N-dealkylation sites (tertiary alicyclic amines) is 1. The molecular formula is C20H23N5O2. The summed E-state index contributed by atoms with van der Waals surface area (Å²) in [5, 5.41) is 23.2. The van der Waals surface area contributed by atoms with Gasteiger partial charge < -0.3 is 5.11 Å². The van der Waals surface area contributed by atoms with Crippen LogP contribution >= 0.6 is 0 Å². The Morgan fingerprint density at radius 3 is 2.74 bits per heavy atom. The molecule has 0 amide bonds. The Morgan fingerprint density at radius 2 is 1.93 bits per heavy atom. The summed E-state index contributed by atoms with van der Waals surface area (Å²) in [6.07, 6.45) is 6.60. The monoisotopic (exact) mass is 365 g/mol. The van der Waals surface area contributed by atoms with Gasteiger partial charge in [0.05, 0.1) is 12.4 Å². The number of aromatic amines is 2. The van der Waals surface area contributed by atoms with Gasteiger partial charge in [0.15, 0.2) is 0 Å². The van der Waals surface area contributed by atoms with Crippen LogP contribution in [0.1, 0.15) is 51.6 Å². The Balaban J connectivity index is 1.47. The van der Waals surface area contributed by atoms with Crippen molar-refractivity contribution in [3.63, 3.8) is 0 Å². The van der Waals surface area contributed by atoms with E-state index in [9.17, 15) is 9.90 Å². The lowest BCUT2D eigenvalue weighted by molar-refractivity contribution is 0.0687. The number of hydrogen-bond donors (Lipinski definition) is 3. The van der Waals surface area contributed by atoms with E-state index in [2.05, 4.69) is 49.6 Å². The molecule has 1 aromatic carbocycles. The van der Waals surface area contributed by atoms with Crippen molar-refractivity contribution in [2.75, 3.05) is 13.1 Å². The first-order chi connectivity index (χ1) is 13.2. The largest absolute Gasteiger partial charge is 0.477 e. The number of hydrogen-bond acceptors (Lipinski definition) is 4. The van der Waals surface area contributed by atoms with Crippen LogP contribution in [0.25, 0.3) is 0 Å². The van der Waals surface area contributed by atoms with E-state index < -0.39 is 5.97 Å². The second kappa shape index (κ2) is 7.75. The van der Waals surface area contributed by atoms with Crippen molar-refractivity contribution in [1.82, 2.24) is 25.3 Å². The number of nitrogens with one attached hydrogen (secondary N) is 2. The van der Waals surface area contributed by atoms with E-state index in [0.717, 1.165) is 37.9 Å². The number of rotatable bonds is 6. The Hall–Kier alpha value is -2.93. The van der Waals surface area contributed by atoms with Crippen molar-refractivity contribution in [2.24, 2.45) is 0 Å². The Kier molecular flexibility index (Phi) is 5.02. The lowest BCUT2D eigenvalue weighted by Gasteiger charge is -2.32. The fourth-order valence-corrected chi connectivity index (χ4v) is 3.92. The molecule has 0 bridgehead atoms. The highest BCUT2D eigenvalue weighted by atomic mass is 16.4. The first kappa shape index (κ1) is 17.5. The lowest BCUT2D eigenvalue weighted by atomic mass is 9.90. The average molecular weight is 365 g/mol. The molecule has 140 valence electrons. The Morgan fingerprint density at radius 1 is 1.15 bits per heavy atom. The SMILES string of the molecule is O=C(O)c1[nH]ncc1CN1CCC[C@@H](c2[nH]ncc2Cc2ccccc2)C1. The predicted molar refractivity (Wildman–Crippen MR) is 101 cm³/mol. The van der Waals surface area contributed by atoms with Crippen LogP contribution in [-0.4, -0.2) is 49.5 Å². The molecule has 3 heterocycles. The number of carbonyl (C=O) groups is 1. The maximum absolute atomic E-state index is 11.3. The van der Waals surface area contributed by atoms with Gasteiger partial charge in [-0.1, -0.05) is 30.3 Å². The number of aromatic nitrogens is 4. The third-order valence-corrected chi connectivity index (χ3v) is 5.23. The van der Waals surface area contributed by atoms with Gasteiger partial charge in [0.1, 0.15) is 5.69 Å². The molecule has 7 nitrogen and oxygen atoms in total. The highest BCUT2D eigenvalue weighted by molar-refractivity contribution is 5.86. The summed E-state index contributed by atoms with van der Waals surface area (Å²) in [5.41, 5.74) is 4.63. The average Bonchev–Trinajstić information content (AvgIpc) is 3.32. The van der Waals surface area contributed by atoms with E-state index in [1.165, 1.54) is 16.8 Å². The van der Waals surface area contributed by atoms with E-state index in [1.54, 1.807) is 6.20 Å². The summed E-state index contributed by atoms with van der Waals surface area (Å²) in [6.45, 7) is 2.44. The fourth-order valence-electron chi connectivity index (χ4n) is 3.92. The first-order valence-electron chi connectivity index (χ1n) is 9.24. The minimum atomic E-state index is -0.963. The van der Waals surface area contributed by atoms with Crippen molar-refractivity contribution in [3.8, 4) is 0 Å². The Labute approximate surface area is 157 Å². The van der Waals surface area contributed by atoms with Gasteiger partial charge in [-0.25, -0.2) is 4.79 Å². The first-order valence-corrected chi connectivity index (χ1v) is 9.24. The van der Waals surface area contributed by atoms with Crippen LogP contribution in [0.4, 0.5) is 0 Å². The summed E-state index contributed by atoms with van der Waals surface area (Å²) in [7, 11) is 0. The molecule has 3 N–H and O–H groups in total. The van der Waals surface area contributed by atoms with E-state index in [4.69, 9.17) is 0 Å². The number of piperidine rings is 1. The number of carboxylic acid groups (broad SMARTS) is 1. The van der Waals surface area contributed by atoms with E-state index in [0.29, 0.717) is 12.5 Å². The van der Waals surface area contributed by atoms with Crippen molar-refractivity contribution >= 4 is 5.97 Å². The zero-order valence-electron chi connectivity index (χ0n) is 15.1. The van der Waals surface area contributed by atoms with Crippen LogP contribution in [-0.2, 0) is 13.0 Å². The highest BCUT2D eigenvalue weighted by Crippen LogP contribution is 2.29. The molecule has 0 radical (unpaired) electrons. The number of benzene rings is 1. The highest BCUT2D eigenvalue weighted by Gasteiger charge is 2.26. The maximum Gasteiger partial charge on any atom is 0.354 e. The van der Waals surface area contributed by atoms with Crippen molar-refractivity contribution in [1.29, 1.82) is 0 Å². The minimum absolute atomic E-state index is 0.184. The molecule has 1 aliphatic rings. The van der Waals surface area contributed by atoms with Gasteiger partial charge >= 0.3 is 5.97 Å². The molecule has 0 unspecified atom stereocenters. The molecule has 1 aliphatic heterocycles. The van der Waals surface area contributed by atoms with E-state index >= 15 is 0 Å². The fraction of sp³-hybridized carbons (Fsp3) is 0.350. The Bertz CT molecular complexity index is 902. The molecular weight excluding hydrogens is 342 g/mol. The van der Waals surface area contributed by atoms with Crippen LogP contribution in [0.3, 0.4) is 0 Å². The second-order valence-electron chi connectivity index (χ2n) is 7.12. The minimum Gasteiger partial charge on any atom is -0.477 e. The normalized spacial score (nSPS) is 17.9. The van der Waals surface area contributed by atoms with Gasteiger partial charge in [-0.2, -0.15) is 10.2 Å².